The largest absolute Gasteiger partial charge is 0.508 e. The van der Waals surface area contributed by atoms with Crippen LogP contribution in [0.5, 0.6) is 5.75 Å². The van der Waals surface area contributed by atoms with Crippen LogP contribution in [0.15, 0.2) is 24.3 Å². The molecule has 104 valence electrons. The van der Waals surface area contributed by atoms with Crippen molar-refractivity contribution < 1.29 is 18.3 Å². The van der Waals surface area contributed by atoms with E-state index in [-0.39, 0.29) is 35.6 Å². The predicted octanol–water partition coefficient (Wildman–Crippen LogP) is 0.580. The summed E-state index contributed by atoms with van der Waals surface area (Å²) in [7, 11) is -1.38. The number of hydrogen-bond acceptors (Lipinski definition) is 4. The molecule has 2 rings (SSSR count). The summed E-state index contributed by atoms with van der Waals surface area (Å²) in [6.45, 7) is 0. The molecular formula is C13H17NO4S. The molecule has 0 spiro atoms. The molecule has 1 saturated heterocycles. The van der Waals surface area contributed by atoms with Gasteiger partial charge in [0.05, 0.1) is 17.9 Å². The van der Waals surface area contributed by atoms with Gasteiger partial charge < -0.3 is 10.0 Å². The lowest BCUT2D eigenvalue weighted by molar-refractivity contribution is -0.130. The van der Waals surface area contributed by atoms with Crippen LogP contribution in [0.1, 0.15) is 12.0 Å². The lowest BCUT2D eigenvalue weighted by Gasteiger charge is -2.23. The number of carbonyl (C=O) groups is 1. The zero-order valence-corrected chi connectivity index (χ0v) is 11.6. The van der Waals surface area contributed by atoms with Crippen molar-refractivity contribution >= 4 is 15.7 Å². The Bertz CT molecular complexity index is 582. The number of amides is 1. The molecular weight excluding hydrogens is 266 g/mol. The molecule has 0 radical (unpaired) electrons. The van der Waals surface area contributed by atoms with Crippen molar-refractivity contribution in [3.05, 3.63) is 29.8 Å². The Hall–Kier alpha value is -1.56. The monoisotopic (exact) mass is 283 g/mol. The number of phenolic OH excluding ortho intramolecular Hbond substituents is 1. The molecule has 1 N–H and O–H groups in total. The first-order chi connectivity index (χ1) is 8.89. The number of para-hydroxylation sites is 1. The molecule has 19 heavy (non-hydrogen) atoms. The van der Waals surface area contributed by atoms with E-state index in [9.17, 15) is 18.3 Å². The van der Waals surface area contributed by atoms with Gasteiger partial charge in [0, 0.05) is 18.7 Å². The highest BCUT2D eigenvalue weighted by atomic mass is 32.2. The summed E-state index contributed by atoms with van der Waals surface area (Å²) in [5.74, 6) is 0.0916. The van der Waals surface area contributed by atoms with E-state index in [4.69, 9.17) is 0 Å². The third-order valence-electron chi connectivity index (χ3n) is 3.48. The molecule has 0 aliphatic carbocycles. The van der Waals surface area contributed by atoms with E-state index in [1.807, 2.05) is 0 Å². The predicted molar refractivity (Wildman–Crippen MR) is 71.6 cm³/mol. The van der Waals surface area contributed by atoms with Gasteiger partial charge in [0.15, 0.2) is 9.84 Å². The minimum Gasteiger partial charge on any atom is -0.508 e. The van der Waals surface area contributed by atoms with Crippen LogP contribution in [0.25, 0.3) is 0 Å². The van der Waals surface area contributed by atoms with Crippen molar-refractivity contribution in [1.29, 1.82) is 0 Å². The Labute approximate surface area is 112 Å². The molecule has 6 heteroatoms. The van der Waals surface area contributed by atoms with Crippen molar-refractivity contribution in [3.63, 3.8) is 0 Å². The summed E-state index contributed by atoms with van der Waals surface area (Å²) in [5, 5.41) is 9.62. The number of hydrogen-bond donors (Lipinski definition) is 1. The van der Waals surface area contributed by atoms with E-state index in [2.05, 4.69) is 0 Å². The first kappa shape index (κ1) is 13.9. The van der Waals surface area contributed by atoms with Crippen LogP contribution in [0.4, 0.5) is 0 Å². The van der Waals surface area contributed by atoms with Gasteiger partial charge in [-0.05, 0) is 12.5 Å². The molecule has 1 aliphatic rings. The van der Waals surface area contributed by atoms with E-state index < -0.39 is 9.84 Å². The average Bonchev–Trinajstić information content (AvgIpc) is 2.71. The number of phenols is 1. The number of carbonyl (C=O) groups excluding carboxylic acids is 1. The first-order valence-electron chi connectivity index (χ1n) is 6.12. The van der Waals surface area contributed by atoms with Gasteiger partial charge in [0.1, 0.15) is 5.75 Å². The lowest BCUT2D eigenvalue weighted by atomic mass is 10.1. The maximum Gasteiger partial charge on any atom is 0.227 e. The third-order valence-corrected chi connectivity index (χ3v) is 5.23. The van der Waals surface area contributed by atoms with Gasteiger partial charge in [-0.2, -0.15) is 0 Å². The van der Waals surface area contributed by atoms with Gasteiger partial charge in [-0.15, -0.1) is 0 Å². The van der Waals surface area contributed by atoms with E-state index in [0.717, 1.165) is 0 Å². The number of likely N-dealkylation sites (N-methyl/N-ethyl adjacent to an activating group) is 1. The molecule has 1 aromatic rings. The molecule has 1 aliphatic heterocycles. The van der Waals surface area contributed by atoms with Crippen molar-refractivity contribution in [2.45, 2.75) is 18.9 Å². The zero-order valence-electron chi connectivity index (χ0n) is 10.7. The Balaban J connectivity index is 2.03. The van der Waals surface area contributed by atoms with Crippen molar-refractivity contribution in [1.82, 2.24) is 4.90 Å². The molecule has 0 bridgehead atoms. The number of rotatable bonds is 3. The standard InChI is InChI=1S/C13H17NO4S/c1-14(11-6-7-19(17,18)9-11)13(16)8-10-4-2-3-5-12(10)15/h2-5,11,15H,6-9H2,1H3. The SMILES string of the molecule is CN(C(=O)Cc1ccccc1O)C1CCS(=O)(=O)C1. The number of aromatic hydroxyl groups is 1. The second-order valence-electron chi connectivity index (χ2n) is 4.87. The summed E-state index contributed by atoms with van der Waals surface area (Å²) in [5.41, 5.74) is 0.556. The van der Waals surface area contributed by atoms with Crippen molar-refractivity contribution in [2.75, 3.05) is 18.6 Å². The van der Waals surface area contributed by atoms with Gasteiger partial charge in [-0.1, -0.05) is 18.2 Å². The molecule has 1 amide bonds. The smallest absolute Gasteiger partial charge is 0.227 e. The van der Waals surface area contributed by atoms with E-state index in [1.165, 1.54) is 11.0 Å². The molecule has 1 unspecified atom stereocenters. The normalized spacial score (nSPS) is 21.2. The Morgan fingerprint density at radius 2 is 2.11 bits per heavy atom. The molecule has 1 atom stereocenters. The molecule has 1 aromatic carbocycles. The summed E-state index contributed by atoms with van der Waals surface area (Å²) >= 11 is 0. The maximum atomic E-state index is 12.1. The second-order valence-corrected chi connectivity index (χ2v) is 7.10. The van der Waals surface area contributed by atoms with Crippen LogP contribution in [-0.4, -0.2) is 48.9 Å². The molecule has 1 heterocycles. The number of benzene rings is 1. The molecule has 0 aromatic heterocycles. The fourth-order valence-electron chi connectivity index (χ4n) is 2.23. The first-order valence-corrected chi connectivity index (χ1v) is 7.94. The van der Waals surface area contributed by atoms with Crippen molar-refractivity contribution in [2.24, 2.45) is 0 Å². The minimum absolute atomic E-state index is 0.0377. The second kappa shape index (κ2) is 5.21. The quantitative estimate of drug-likeness (QED) is 0.880. The number of nitrogens with zero attached hydrogens (tertiary/aromatic N) is 1. The average molecular weight is 283 g/mol. The zero-order chi connectivity index (χ0) is 14.0. The van der Waals surface area contributed by atoms with Gasteiger partial charge in [0.25, 0.3) is 0 Å². The fourth-order valence-corrected chi connectivity index (χ4v) is 4.01. The van der Waals surface area contributed by atoms with Crippen LogP contribution in [-0.2, 0) is 21.1 Å². The van der Waals surface area contributed by atoms with Crippen LogP contribution < -0.4 is 0 Å². The molecule has 5 nitrogen and oxygen atoms in total. The van der Waals surface area contributed by atoms with E-state index in [1.54, 1.807) is 25.2 Å². The van der Waals surface area contributed by atoms with Gasteiger partial charge in [-0.3, -0.25) is 4.79 Å². The highest BCUT2D eigenvalue weighted by Gasteiger charge is 2.32. The summed E-state index contributed by atoms with van der Waals surface area (Å²) in [4.78, 5) is 13.6. The Morgan fingerprint density at radius 1 is 1.42 bits per heavy atom. The third kappa shape index (κ3) is 3.26. The van der Waals surface area contributed by atoms with Crippen LogP contribution in [0, 0.1) is 0 Å². The lowest BCUT2D eigenvalue weighted by Crippen LogP contribution is -2.38. The van der Waals surface area contributed by atoms with Gasteiger partial charge >= 0.3 is 0 Å². The number of sulfone groups is 1. The molecule has 1 fully saturated rings. The minimum atomic E-state index is -3.00. The van der Waals surface area contributed by atoms with Gasteiger partial charge in [-0.25, -0.2) is 8.42 Å². The summed E-state index contributed by atoms with van der Waals surface area (Å²) < 4.78 is 22.8. The Kier molecular flexibility index (Phi) is 3.80. The van der Waals surface area contributed by atoms with Crippen molar-refractivity contribution in [3.8, 4) is 5.75 Å². The van der Waals surface area contributed by atoms with Crippen LogP contribution in [0.2, 0.25) is 0 Å². The highest BCUT2D eigenvalue weighted by molar-refractivity contribution is 7.91. The topological polar surface area (TPSA) is 74.7 Å². The highest BCUT2D eigenvalue weighted by Crippen LogP contribution is 2.20. The van der Waals surface area contributed by atoms with Crippen LogP contribution >= 0.6 is 0 Å². The van der Waals surface area contributed by atoms with E-state index in [0.29, 0.717) is 12.0 Å². The van der Waals surface area contributed by atoms with E-state index >= 15 is 0 Å². The Morgan fingerprint density at radius 3 is 2.68 bits per heavy atom. The molecule has 0 saturated carbocycles. The van der Waals surface area contributed by atoms with Crippen LogP contribution in [0.3, 0.4) is 0 Å². The summed E-state index contributed by atoms with van der Waals surface area (Å²) in [6, 6.07) is 6.41. The maximum absolute atomic E-state index is 12.1. The van der Waals surface area contributed by atoms with Gasteiger partial charge in [0.2, 0.25) is 5.91 Å². The summed E-state index contributed by atoms with van der Waals surface area (Å²) in [6.07, 6.45) is 0.574. The fraction of sp³-hybridized carbons (Fsp3) is 0.462.